The fourth-order valence-corrected chi connectivity index (χ4v) is 2.06. The third-order valence-corrected chi connectivity index (χ3v) is 3.25. The van der Waals surface area contributed by atoms with Gasteiger partial charge < -0.3 is 15.8 Å². The number of benzene rings is 1. The number of carbonyl (C=O) groups excluding carboxylic acids is 2. The number of carbonyl (C=O) groups is 2. The number of nitrogens with two attached hydrogens (primary N) is 1. The lowest BCUT2D eigenvalue weighted by molar-refractivity contribution is -0.126. The van der Waals surface area contributed by atoms with Gasteiger partial charge in [-0.25, -0.2) is 4.79 Å². The largest absolute Gasteiger partial charge is 0.480 e. The predicted molar refractivity (Wildman–Crippen MR) is 83.9 cm³/mol. The molecule has 1 aromatic carbocycles. The maximum absolute atomic E-state index is 11.6. The average molecular weight is 358 g/mol. The summed E-state index contributed by atoms with van der Waals surface area (Å²) in [6.07, 6.45) is -0.826. The predicted octanol–water partition coefficient (Wildman–Crippen LogP) is 1.91. The molecule has 1 unspecified atom stereocenters. The van der Waals surface area contributed by atoms with Crippen molar-refractivity contribution in [1.82, 2.24) is 10.6 Å². The molecule has 0 bridgehead atoms. The molecule has 0 aliphatic rings. The van der Waals surface area contributed by atoms with Crippen LogP contribution < -0.4 is 21.1 Å². The third-order valence-electron chi connectivity index (χ3n) is 2.63. The molecule has 0 radical (unpaired) electrons. The van der Waals surface area contributed by atoms with E-state index in [4.69, 9.17) is 10.5 Å². The minimum absolute atomic E-state index is 0.400. The Bertz CT molecular complexity index is 520. The Morgan fingerprint density at radius 2 is 2.00 bits per heavy atom. The molecular formula is C14H20BrN3O3. The molecular weight excluding hydrogens is 338 g/mol. The number of hydrogen-bond acceptors (Lipinski definition) is 4. The van der Waals surface area contributed by atoms with Crippen LogP contribution in [0.5, 0.6) is 5.75 Å². The first kappa shape index (κ1) is 17.5. The Morgan fingerprint density at radius 1 is 1.33 bits per heavy atom. The van der Waals surface area contributed by atoms with Crippen LogP contribution in [0, 0.1) is 0 Å². The lowest BCUT2D eigenvalue weighted by atomic mass is 10.2. The summed E-state index contributed by atoms with van der Waals surface area (Å²) in [6, 6.07) is 5.11. The van der Waals surface area contributed by atoms with Crippen molar-refractivity contribution in [3.8, 4) is 5.75 Å². The van der Waals surface area contributed by atoms with Crippen molar-refractivity contribution in [3.63, 3.8) is 0 Å². The average Bonchev–Trinajstić information content (AvgIpc) is 2.38. The van der Waals surface area contributed by atoms with Crippen LogP contribution >= 0.6 is 15.9 Å². The number of imide groups is 1. The van der Waals surface area contributed by atoms with Crippen molar-refractivity contribution in [3.05, 3.63) is 28.2 Å². The number of ether oxygens (including phenoxy) is 1. The molecule has 0 aromatic heterocycles. The smallest absolute Gasteiger partial charge is 0.318 e. The van der Waals surface area contributed by atoms with Gasteiger partial charge in [0.25, 0.3) is 5.91 Å². The monoisotopic (exact) mass is 357 g/mol. The zero-order valence-electron chi connectivity index (χ0n) is 12.3. The van der Waals surface area contributed by atoms with E-state index >= 15 is 0 Å². The van der Waals surface area contributed by atoms with Crippen LogP contribution in [0.3, 0.4) is 0 Å². The van der Waals surface area contributed by atoms with Gasteiger partial charge in [-0.05, 0) is 40.5 Å². The van der Waals surface area contributed by atoms with Crippen LogP contribution in [0.4, 0.5) is 4.79 Å². The zero-order valence-corrected chi connectivity index (χ0v) is 13.9. The van der Waals surface area contributed by atoms with Gasteiger partial charge in [0.15, 0.2) is 6.10 Å². The van der Waals surface area contributed by atoms with Gasteiger partial charge in [0.05, 0.1) is 4.47 Å². The Morgan fingerprint density at radius 3 is 2.52 bits per heavy atom. The number of rotatable bonds is 6. The highest BCUT2D eigenvalue weighted by molar-refractivity contribution is 9.10. The van der Waals surface area contributed by atoms with Crippen LogP contribution in [0.15, 0.2) is 22.7 Å². The fraction of sp³-hybridized carbons (Fsp3) is 0.429. The second-order valence-corrected chi connectivity index (χ2v) is 5.77. The molecule has 6 nitrogen and oxygen atoms in total. The van der Waals surface area contributed by atoms with Crippen molar-refractivity contribution < 1.29 is 14.3 Å². The molecule has 0 saturated carbocycles. The highest BCUT2D eigenvalue weighted by atomic mass is 79.9. The van der Waals surface area contributed by atoms with E-state index in [2.05, 4.69) is 35.1 Å². The van der Waals surface area contributed by atoms with E-state index in [0.29, 0.717) is 11.8 Å². The highest BCUT2D eigenvalue weighted by Crippen LogP contribution is 2.27. The van der Waals surface area contributed by atoms with Crippen LogP contribution in [0.25, 0.3) is 0 Å². The van der Waals surface area contributed by atoms with E-state index in [1.807, 2.05) is 17.4 Å². The molecule has 4 N–H and O–H groups in total. The summed E-state index contributed by atoms with van der Waals surface area (Å²) in [6.45, 7) is 6.43. The molecule has 7 heteroatoms. The molecule has 0 aliphatic carbocycles. The second-order valence-electron chi connectivity index (χ2n) is 4.91. The molecule has 1 atom stereocenters. The van der Waals surface area contributed by atoms with Crippen LogP contribution in [0.1, 0.15) is 26.3 Å². The third kappa shape index (κ3) is 6.14. The lowest BCUT2D eigenvalue weighted by Crippen LogP contribution is -2.42. The van der Waals surface area contributed by atoms with E-state index in [1.54, 1.807) is 13.0 Å². The quantitative estimate of drug-likeness (QED) is 0.724. The lowest BCUT2D eigenvalue weighted by Gasteiger charge is -2.15. The molecule has 116 valence electrons. The molecule has 1 rings (SSSR count). The minimum atomic E-state index is -0.898. The summed E-state index contributed by atoms with van der Waals surface area (Å²) in [4.78, 5) is 22.2. The summed E-state index contributed by atoms with van der Waals surface area (Å²) < 4.78 is 6.24. The maximum atomic E-state index is 11.6. The van der Waals surface area contributed by atoms with Crippen molar-refractivity contribution in [2.45, 2.75) is 39.5 Å². The topological polar surface area (TPSA) is 93.4 Å². The fourth-order valence-electron chi connectivity index (χ4n) is 1.54. The summed E-state index contributed by atoms with van der Waals surface area (Å²) in [5.41, 5.74) is 5.98. The van der Waals surface area contributed by atoms with E-state index in [-0.39, 0.29) is 0 Å². The molecule has 0 aliphatic heterocycles. The zero-order chi connectivity index (χ0) is 16.0. The summed E-state index contributed by atoms with van der Waals surface area (Å²) >= 11 is 3.41. The maximum Gasteiger partial charge on any atom is 0.318 e. The van der Waals surface area contributed by atoms with Crippen molar-refractivity contribution in [2.24, 2.45) is 5.73 Å². The molecule has 1 aromatic rings. The van der Waals surface area contributed by atoms with Crippen LogP contribution in [-0.2, 0) is 11.3 Å². The standard InChI is InChI=1S/C14H20BrN3O3/c1-8(2)17-7-10-4-5-12(11(15)6-10)21-9(3)13(19)18-14(16)20/h4-6,8-9,17H,7H2,1-3H3,(H3,16,18,19,20). The Labute approximate surface area is 132 Å². The molecule has 0 spiro atoms. The van der Waals surface area contributed by atoms with Gasteiger partial charge in [-0.1, -0.05) is 19.9 Å². The van der Waals surface area contributed by atoms with E-state index in [1.165, 1.54) is 0 Å². The van der Waals surface area contributed by atoms with Crippen molar-refractivity contribution in [2.75, 3.05) is 0 Å². The van der Waals surface area contributed by atoms with Gasteiger partial charge in [-0.15, -0.1) is 0 Å². The first-order valence-corrected chi connectivity index (χ1v) is 7.37. The number of amides is 3. The van der Waals surface area contributed by atoms with Gasteiger partial charge in [0, 0.05) is 12.6 Å². The van der Waals surface area contributed by atoms with Gasteiger partial charge in [-0.2, -0.15) is 0 Å². The normalized spacial score (nSPS) is 12.0. The molecule has 0 heterocycles. The first-order chi connectivity index (χ1) is 9.79. The minimum Gasteiger partial charge on any atom is -0.480 e. The van der Waals surface area contributed by atoms with E-state index in [0.717, 1.165) is 16.6 Å². The van der Waals surface area contributed by atoms with E-state index in [9.17, 15) is 9.59 Å². The van der Waals surface area contributed by atoms with Gasteiger partial charge in [-0.3, -0.25) is 10.1 Å². The first-order valence-electron chi connectivity index (χ1n) is 6.58. The van der Waals surface area contributed by atoms with Crippen molar-refractivity contribution >= 4 is 27.9 Å². The number of urea groups is 1. The Balaban J connectivity index is 2.67. The molecule has 3 amide bonds. The van der Waals surface area contributed by atoms with Crippen LogP contribution in [0.2, 0.25) is 0 Å². The SMILES string of the molecule is CC(C)NCc1ccc(OC(C)C(=O)NC(N)=O)c(Br)c1. The summed E-state index contributed by atoms with van der Waals surface area (Å²) in [7, 11) is 0. The molecule has 0 saturated heterocycles. The number of primary amides is 1. The number of hydrogen-bond donors (Lipinski definition) is 3. The number of halogens is 1. The van der Waals surface area contributed by atoms with E-state index < -0.39 is 18.0 Å². The Kier molecular flexibility index (Phi) is 6.64. The number of nitrogens with one attached hydrogen (secondary N) is 2. The van der Waals surface area contributed by atoms with Gasteiger partial charge in [0.2, 0.25) is 0 Å². The highest BCUT2D eigenvalue weighted by Gasteiger charge is 2.17. The van der Waals surface area contributed by atoms with Gasteiger partial charge >= 0.3 is 6.03 Å². The summed E-state index contributed by atoms with van der Waals surface area (Å²) in [5, 5.41) is 5.29. The molecule has 0 fully saturated rings. The Hall–Kier alpha value is -1.60. The van der Waals surface area contributed by atoms with Gasteiger partial charge in [0.1, 0.15) is 5.75 Å². The summed E-state index contributed by atoms with van der Waals surface area (Å²) in [5.74, 6) is -0.0598. The second kappa shape index (κ2) is 7.99. The molecule has 21 heavy (non-hydrogen) atoms. The van der Waals surface area contributed by atoms with Crippen molar-refractivity contribution in [1.29, 1.82) is 0 Å². The van der Waals surface area contributed by atoms with Crippen LogP contribution in [-0.4, -0.2) is 24.1 Å².